The van der Waals surface area contributed by atoms with Crippen LogP contribution in [0.3, 0.4) is 0 Å². The fraction of sp³-hybridized carbons (Fsp3) is 0.476. The summed E-state index contributed by atoms with van der Waals surface area (Å²) in [6, 6.07) is 0. The molecule has 2 unspecified atom stereocenters. The van der Waals surface area contributed by atoms with E-state index >= 15 is 0 Å². The van der Waals surface area contributed by atoms with Crippen molar-refractivity contribution in [3.63, 3.8) is 0 Å². The minimum atomic E-state index is -5.27. The number of nitrogens with one attached hydrogen (secondary N) is 1. The van der Waals surface area contributed by atoms with Crippen molar-refractivity contribution in [2.45, 2.75) is 43.0 Å². The molecule has 2 fully saturated rings. The zero-order valence-electron chi connectivity index (χ0n) is 22.8. The molecule has 2 saturated heterocycles. The highest BCUT2D eigenvalue weighted by molar-refractivity contribution is 7.47. The zero-order chi connectivity index (χ0) is 32.3. The number of phosphoric acid groups is 2. The number of rotatable bonds is 3. The van der Waals surface area contributed by atoms with Crippen LogP contribution in [0.15, 0.2) is 30.0 Å². The first-order valence-corrected chi connectivity index (χ1v) is 15.8. The van der Waals surface area contributed by atoms with Crippen LogP contribution in [0.25, 0.3) is 22.2 Å². The molecule has 0 aliphatic carbocycles. The number of methoxy groups -OCH3 is 1. The van der Waals surface area contributed by atoms with Crippen LogP contribution >= 0.6 is 15.6 Å². The van der Waals surface area contributed by atoms with Crippen LogP contribution in [-0.2, 0) is 36.7 Å². The molecular weight excluding hydrogens is 653 g/mol. The maximum absolute atomic E-state index is 14.8. The number of fused-ring (bicyclic) bond motifs is 3. The van der Waals surface area contributed by atoms with Crippen molar-refractivity contribution >= 4 is 43.7 Å². The number of phosphoric ester groups is 2. The van der Waals surface area contributed by atoms with E-state index in [4.69, 9.17) is 33.3 Å². The molecule has 6 heterocycles. The lowest BCUT2D eigenvalue weighted by Gasteiger charge is -2.30. The number of hydrogen-bond donors (Lipinski definition) is 6. The largest absolute Gasteiger partial charge is 0.474 e. The molecule has 7 N–H and O–H groups in total. The van der Waals surface area contributed by atoms with E-state index in [1.165, 1.54) is 10.9 Å². The Balaban J connectivity index is 1.37. The van der Waals surface area contributed by atoms with Gasteiger partial charge in [0.05, 0.1) is 25.9 Å². The number of nitrogens with two attached hydrogens (primary N) is 1. The minimum Gasteiger partial charge on any atom is -0.386 e. The number of nitrogens with zero attached hydrogens (tertiary/aromatic N) is 6. The van der Waals surface area contributed by atoms with E-state index in [1.807, 2.05) is 0 Å². The highest BCUT2D eigenvalue weighted by atomic mass is 31.2. The number of aromatic nitrogens is 7. The molecule has 24 heteroatoms. The van der Waals surface area contributed by atoms with E-state index in [-0.39, 0.29) is 17.0 Å². The minimum absolute atomic E-state index is 0.0135. The predicted octanol–water partition coefficient (Wildman–Crippen LogP) is -0.932. The van der Waals surface area contributed by atoms with Gasteiger partial charge in [-0.25, -0.2) is 33.5 Å². The van der Waals surface area contributed by atoms with Crippen molar-refractivity contribution < 1.29 is 61.1 Å². The number of aromatic amines is 1. The number of hydrogen-bond acceptors (Lipinski definition) is 16. The topological polar surface area (TPSA) is 291 Å². The molecule has 6 rings (SSSR count). The quantitative estimate of drug-likeness (QED) is 0.143. The van der Waals surface area contributed by atoms with Gasteiger partial charge in [0.25, 0.3) is 5.56 Å². The first-order valence-electron chi connectivity index (χ1n) is 12.8. The van der Waals surface area contributed by atoms with E-state index in [2.05, 4.69) is 24.9 Å². The third-order valence-electron chi connectivity index (χ3n) is 7.09. The molecule has 0 aromatic carbocycles. The molecule has 244 valence electrons. The Labute approximate surface area is 249 Å². The summed E-state index contributed by atoms with van der Waals surface area (Å²) in [4.78, 5) is 51.5. The molecule has 2 aliphatic heterocycles. The van der Waals surface area contributed by atoms with Crippen molar-refractivity contribution in [2.75, 3.05) is 26.1 Å². The Morgan fingerprint density at radius 1 is 1.02 bits per heavy atom. The van der Waals surface area contributed by atoms with E-state index in [0.717, 1.165) is 24.3 Å². The predicted molar refractivity (Wildman–Crippen MR) is 143 cm³/mol. The number of nitrogen functional groups attached to an aromatic ring is 1. The smallest absolute Gasteiger partial charge is 0.386 e. The first kappa shape index (κ1) is 31.7. The molecule has 0 bridgehead atoms. The highest BCUT2D eigenvalue weighted by Crippen LogP contribution is 2.52. The number of aliphatic hydroxyl groups excluding tert-OH is 2. The summed E-state index contributed by atoms with van der Waals surface area (Å²) in [5.41, 5.74) is 4.78. The van der Waals surface area contributed by atoms with Crippen LogP contribution in [0.2, 0.25) is 0 Å². The van der Waals surface area contributed by atoms with Crippen LogP contribution in [0, 0.1) is 5.82 Å². The summed E-state index contributed by atoms with van der Waals surface area (Å²) in [7, 11) is -9.33. The molecule has 21 nitrogen and oxygen atoms in total. The number of imidazole rings is 1. The molecule has 0 amide bonds. The van der Waals surface area contributed by atoms with Crippen LogP contribution in [0.4, 0.5) is 10.2 Å². The monoisotopic (exact) mass is 678 g/mol. The fourth-order valence-corrected chi connectivity index (χ4v) is 6.83. The summed E-state index contributed by atoms with van der Waals surface area (Å²) in [6.07, 6.45) is -8.24. The molecule has 9 atom stereocenters. The van der Waals surface area contributed by atoms with Gasteiger partial charge in [-0.3, -0.25) is 32.0 Å². The van der Waals surface area contributed by atoms with Gasteiger partial charge in [-0.15, -0.1) is 0 Å². The standard InChI is InChI=1S/C21H25FN8O13P2/c1-38-9-3-39-44(34,35)42-15-10(41-20(14(15)32)30-7-28-12-16(23)24-5-26-18(12)30)4-40-45(36,37)43-21(13(9)31)29-2-8(22)11-17(29)25-6-27-19(11)33/h2,5-7,9-10,13-15,20-21,31-32H,3-4H2,1H3,(H,34,35)(H,36,37)(H2,23,24,26)(H,25,27,33)/t9-,10-,13-,14-,15-,20-,21-/m1/s1. The van der Waals surface area contributed by atoms with Gasteiger partial charge < -0.3 is 40.2 Å². The Morgan fingerprint density at radius 2 is 1.76 bits per heavy atom. The summed E-state index contributed by atoms with van der Waals surface area (Å²) in [5.74, 6) is -1.11. The lowest BCUT2D eigenvalue weighted by Crippen LogP contribution is -2.40. The molecule has 4 aromatic rings. The highest BCUT2D eigenvalue weighted by Gasteiger charge is 2.51. The Bertz CT molecular complexity index is 1890. The number of aliphatic hydroxyl groups is 2. The van der Waals surface area contributed by atoms with Crippen LogP contribution in [0.1, 0.15) is 12.5 Å². The second kappa shape index (κ2) is 11.8. The molecule has 0 radical (unpaired) electrons. The van der Waals surface area contributed by atoms with Gasteiger partial charge >= 0.3 is 15.6 Å². The van der Waals surface area contributed by atoms with Crippen molar-refractivity contribution in [1.82, 2.24) is 34.1 Å². The SMILES string of the molecule is CO[C@@H]1COP(=O)(O)O[C@H]2[C@@H](O)[C@H](n3cnc4c(N)ncnc43)O[C@@H]2COP(=O)(O)O[C@@H](n2cc(F)c3c(=O)[nH]cnc32)[C@@H]1O. The zero-order valence-corrected chi connectivity index (χ0v) is 24.6. The average molecular weight is 678 g/mol. The van der Waals surface area contributed by atoms with E-state index in [0.29, 0.717) is 6.20 Å². The first-order chi connectivity index (χ1) is 21.3. The summed E-state index contributed by atoms with van der Waals surface area (Å²) >= 11 is 0. The Morgan fingerprint density at radius 3 is 2.51 bits per heavy atom. The fourth-order valence-electron chi connectivity index (χ4n) is 4.97. The normalized spacial score (nSPS) is 35.1. The maximum Gasteiger partial charge on any atom is 0.474 e. The van der Waals surface area contributed by atoms with Gasteiger partial charge in [0.15, 0.2) is 35.4 Å². The lowest BCUT2D eigenvalue weighted by atomic mass is 10.1. The molecule has 2 aliphatic rings. The average Bonchev–Trinajstić information content (AvgIpc) is 3.65. The Kier molecular flexibility index (Phi) is 8.35. The van der Waals surface area contributed by atoms with Crippen molar-refractivity contribution in [2.24, 2.45) is 0 Å². The lowest BCUT2D eigenvalue weighted by molar-refractivity contribution is -0.113. The van der Waals surface area contributed by atoms with E-state index in [9.17, 15) is 38.3 Å². The van der Waals surface area contributed by atoms with Gasteiger partial charge in [-0.05, 0) is 0 Å². The van der Waals surface area contributed by atoms with Gasteiger partial charge in [0.1, 0.15) is 47.8 Å². The molecule has 45 heavy (non-hydrogen) atoms. The molecule has 4 aromatic heterocycles. The molecule has 0 saturated carbocycles. The van der Waals surface area contributed by atoms with Crippen LogP contribution in [-0.4, -0.2) is 105 Å². The van der Waals surface area contributed by atoms with E-state index in [1.54, 1.807) is 0 Å². The Hall–Kier alpha value is -3.24. The third kappa shape index (κ3) is 5.91. The number of ether oxygens (including phenoxy) is 2. The van der Waals surface area contributed by atoms with Crippen LogP contribution < -0.4 is 11.3 Å². The van der Waals surface area contributed by atoms with Gasteiger partial charge in [-0.2, -0.15) is 0 Å². The maximum atomic E-state index is 14.8. The molecule has 0 spiro atoms. The van der Waals surface area contributed by atoms with E-state index < -0.39 is 94.2 Å². The number of halogens is 1. The summed E-state index contributed by atoms with van der Waals surface area (Å²) in [6.45, 7) is -1.82. The third-order valence-corrected chi connectivity index (χ3v) is 9.03. The van der Waals surface area contributed by atoms with Crippen molar-refractivity contribution in [3.8, 4) is 0 Å². The molecular formula is C21H25FN8O13P2. The van der Waals surface area contributed by atoms with Crippen LogP contribution in [0.5, 0.6) is 0 Å². The van der Waals surface area contributed by atoms with Gasteiger partial charge in [0, 0.05) is 13.3 Å². The summed E-state index contributed by atoms with van der Waals surface area (Å²) in [5, 5.41) is 21.7. The van der Waals surface area contributed by atoms with Gasteiger partial charge in [0.2, 0.25) is 0 Å². The summed E-state index contributed by atoms with van der Waals surface area (Å²) < 4.78 is 74.6. The number of H-pyrrole nitrogens is 1. The second-order valence-electron chi connectivity index (χ2n) is 9.81. The van der Waals surface area contributed by atoms with Crippen molar-refractivity contribution in [1.29, 1.82) is 0 Å². The second-order valence-corrected chi connectivity index (χ2v) is 12.6. The van der Waals surface area contributed by atoms with Gasteiger partial charge in [-0.1, -0.05) is 0 Å². The number of anilines is 1. The van der Waals surface area contributed by atoms with Crippen molar-refractivity contribution in [3.05, 3.63) is 41.3 Å².